The van der Waals surface area contributed by atoms with E-state index in [4.69, 9.17) is 27.9 Å². The quantitative estimate of drug-likeness (QED) is 0.179. The van der Waals surface area contributed by atoms with Gasteiger partial charge in [0.25, 0.3) is 0 Å². The first kappa shape index (κ1) is 22.4. The number of hydrogen-bond donors (Lipinski definition) is 1. The molecule has 34 heavy (non-hydrogen) atoms. The predicted molar refractivity (Wildman–Crippen MR) is 144 cm³/mol. The summed E-state index contributed by atoms with van der Waals surface area (Å²) < 4.78 is 6.16. The Hall–Kier alpha value is -3.38. The maximum Gasteiger partial charge on any atom is 0.203 e. The van der Waals surface area contributed by atoms with Crippen LogP contribution < -0.4 is 10.2 Å². The van der Waals surface area contributed by atoms with Gasteiger partial charge in [-0.25, -0.2) is 4.98 Å². The minimum Gasteiger partial charge on any atom is -0.488 e. The van der Waals surface area contributed by atoms with Crippen molar-refractivity contribution in [2.24, 2.45) is 5.10 Å². The lowest BCUT2D eigenvalue weighted by Crippen LogP contribution is -2.00. The molecule has 1 heterocycles. The van der Waals surface area contributed by atoms with Crippen molar-refractivity contribution in [1.82, 2.24) is 4.98 Å². The average molecular weight is 504 g/mol. The standard InChI is InChI=1S/C27H19Cl2N3OS/c28-21-12-9-19(10-13-21)25-17-34-27(31-25)32-30-15-23-22-7-3-1-5-18(22)11-14-26(23)33-16-20-6-2-4-8-24(20)29/h1-15,17H,16H2,(H,31,32)/b30-15-. The molecule has 0 saturated carbocycles. The summed E-state index contributed by atoms with van der Waals surface area (Å²) in [5, 5.41) is 10.7. The van der Waals surface area contributed by atoms with Crippen molar-refractivity contribution in [3.63, 3.8) is 0 Å². The van der Waals surface area contributed by atoms with Gasteiger partial charge in [-0.2, -0.15) is 5.10 Å². The highest BCUT2D eigenvalue weighted by atomic mass is 35.5. The second kappa shape index (κ2) is 10.3. The molecule has 7 heteroatoms. The number of nitrogens with zero attached hydrogens (tertiary/aromatic N) is 2. The lowest BCUT2D eigenvalue weighted by molar-refractivity contribution is 0.306. The second-order valence-electron chi connectivity index (χ2n) is 7.49. The van der Waals surface area contributed by atoms with Crippen LogP contribution in [0.2, 0.25) is 10.0 Å². The minimum absolute atomic E-state index is 0.364. The Kier molecular flexibility index (Phi) is 6.77. The fourth-order valence-corrected chi connectivity index (χ4v) is 4.52. The number of thiazole rings is 1. The maximum atomic E-state index is 6.30. The lowest BCUT2D eigenvalue weighted by atomic mass is 10.0. The smallest absolute Gasteiger partial charge is 0.203 e. The number of hydrazone groups is 1. The van der Waals surface area contributed by atoms with Gasteiger partial charge < -0.3 is 4.74 Å². The van der Waals surface area contributed by atoms with Crippen LogP contribution in [0.15, 0.2) is 95.4 Å². The monoisotopic (exact) mass is 503 g/mol. The summed E-state index contributed by atoms with van der Waals surface area (Å²) >= 11 is 13.8. The molecule has 0 bridgehead atoms. The van der Waals surface area contributed by atoms with Gasteiger partial charge in [0.1, 0.15) is 12.4 Å². The number of benzene rings is 4. The second-order valence-corrected chi connectivity index (χ2v) is 9.20. The predicted octanol–water partition coefficient (Wildman–Crippen LogP) is 8.30. The molecule has 0 unspecified atom stereocenters. The summed E-state index contributed by atoms with van der Waals surface area (Å²) in [4.78, 5) is 4.62. The van der Waals surface area contributed by atoms with Crippen LogP contribution >= 0.6 is 34.5 Å². The number of anilines is 1. The highest BCUT2D eigenvalue weighted by molar-refractivity contribution is 7.14. The van der Waals surface area contributed by atoms with Crippen molar-refractivity contribution in [2.75, 3.05) is 5.43 Å². The summed E-state index contributed by atoms with van der Waals surface area (Å²) in [7, 11) is 0. The van der Waals surface area contributed by atoms with E-state index in [2.05, 4.69) is 27.6 Å². The largest absolute Gasteiger partial charge is 0.488 e. The molecule has 1 aromatic heterocycles. The van der Waals surface area contributed by atoms with Crippen LogP contribution in [0.1, 0.15) is 11.1 Å². The fourth-order valence-electron chi connectivity index (χ4n) is 3.54. The van der Waals surface area contributed by atoms with Gasteiger partial charge in [0, 0.05) is 32.1 Å². The van der Waals surface area contributed by atoms with E-state index in [9.17, 15) is 0 Å². The van der Waals surface area contributed by atoms with E-state index in [0.717, 1.165) is 38.9 Å². The molecular weight excluding hydrogens is 485 g/mol. The zero-order valence-corrected chi connectivity index (χ0v) is 20.2. The Morgan fingerprint density at radius 2 is 1.71 bits per heavy atom. The van der Waals surface area contributed by atoms with E-state index < -0.39 is 0 Å². The van der Waals surface area contributed by atoms with Crippen LogP contribution in [-0.4, -0.2) is 11.2 Å². The number of nitrogens with one attached hydrogen (secondary N) is 1. The van der Waals surface area contributed by atoms with Crippen molar-refractivity contribution in [3.05, 3.63) is 111 Å². The average Bonchev–Trinajstić information content (AvgIpc) is 3.33. The highest BCUT2D eigenvalue weighted by Crippen LogP contribution is 2.29. The molecule has 4 aromatic carbocycles. The van der Waals surface area contributed by atoms with Crippen molar-refractivity contribution in [3.8, 4) is 17.0 Å². The lowest BCUT2D eigenvalue weighted by Gasteiger charge is -2.12. The van der Waals surface area contributed by atoms with Gasteiger partial charge in [0.15, 0.2) is 0 Å². The van der Waals surface area contributed by atoms with Crippen molar-refractivity contribution in [1.29, 1.82) is 0 Å². The highest BCUT2D eigenvalue weighted by Gasteiger charge is 2.09. The third-order valence-electron chi connectivity index (χ3n) is 5.27. The summed E-state index contributed by atoms with van der Waals surface area (Å²) in [6.07, 6.45) is 1.77. The van der Waals surface area contributed by atoms with Crippen LogP contribution in [-0.2, 0) is 6.61 Å². The molecule has 0 amide bonds. The van der Waals surface area contributed by atoms with Gasteiger partial charge in [-0.3, -0.25) is 5.43 Å². The van der Waals surface area contributed by atoms with Crippen LogP contribution in [0.25, 0.3) is 22.0 Å². The van der Waals surface area contributed by atoms with Crippen molar-refractivity contribution >= 4 is 56.7 Å². The molecule has 0 fully saturated rings. The van der Waals surface area contributed by atoms with Crippen molar-refractivity contribution < 1.29 is 4.74 Å². The van der Waals surface area contributed by atoms with E-state index in [-0.39, 0.29) is 0 Å². The maximum absolute atomic E-state index is 6.30. The Balaban J connectivity index is 1.38. The molecule has 0 aliphatic heterocycles. The van der Waals surface area contributed by atoms with Crippen molar-refractivity contribution in [2.45, 2.75) is 6.61 Å². The Morgan fingerprint density at radius 1 is 0.912 bits per heavy atom. The molecule has 1 N–H and O–H groups in total. The van der Waals surface area contributed by atoms with Gasteiger partial charge in [-0.05, 0) is 35.0 Å². The third-order valence-corrected chi connectivity index (χ3v) is 6.64. The third kappa shape index (κ3) is 5.07. The topological polar surface area (TPSA) is 46.5 Å². The number of aromatic nitrogens is 1. The van der Waals surface area contributed by atoms with E-state index in [1.807, 2.05) is 78.2 Å². The molecule has 168 valence electrons. The van der Waals surface area contributed by atoms with Gasteiger partial charge >= 0.3 is 0 Å². The molecule has 5 rings (SSSR count). The van der Waals surface area contributed by atoms with E-state index in [0.29, 0.717) is 21.8 Å². The molecule has 0 aliphatic carbocycles. The number of halogens is 2. The number of fused-ring (bicyclic) bond motifs is 1. The molecule has 0 spiro atoms. The Labute approximate surface area is 211 Å². The van der Waals surface area contributed by atoms with Gasteiger partial charge in [0.05, 0.1) is 11.9 Å². The summed E-state index contributed by atoms with van der Waals surface area (Å²) in [6.45, 7) is 0.364. The normalized spacial score (nSPS) is 11.2. The van der Waals surface area contributed by atoms with Gasteiger partial charge in [0.2, 0.25) is 5.13 Å². The summed E-state index contributed by atoms with van der Waals surface area (Å²) in [5.74, 6) is 0.727. The first-order valence-electron chi connectivity index (χ1n) is 10.6. The zero-order chi connectivity index (χ0) is 23.3. The van der Waals surface area contributed by atoms with Crippen LogP contribution in [0.3, 0.4) is 0 Å². The Bertz CT molecular complexity index is 1460. The molecule has 0 radical (unpaired) electrons. The molecule has 0 aliphatic rings. The van der Waals surface area contributed by atoms with Crippen LogP contribution in [0.5, 0.6) is 5.75 Å². The van der Waals surface area contributed by atoms with Crippen LogP contribution in [0.4, 0.5) is 5.13 Å². The fraction of sp³-hybridized carbons (Fsp3) is 0.0370. The minimum atomic E-state index is 0.364. The van der Waals surface area contributed by atoms with Crippen LogP contribution in [0, 0.1) is 0 Å². The van der Waals surface area contributed by atoms with Gasteiger partial charge in [-0.15, -0.1) is 11.3 Å². The summed E-state index contributed by atoms with van der Waals surface area (Å²) in [6, 6.07) is 27.4. The molecule has 0 saturated heterocycles. The van der Waals surface area contributed by atoms with E-state index >= 15 is 0 Å². The number of ether oxygens (including phenoxy) is 1. The first-order valence-corrected chi connectivity index (χ1v) is 12.2. The van der Waals surface area contributed by atoms with E-state index in [1.54, 1.807) is 6.21 Å². The number of rotatable bonds is 7. The SMILES string of the molecule is Clc1ccc(-c2csc(N/N=C\c3c(OCc4ccccc4Cl)ccc4ccccc34)n2)cc1. The summed E-state index contributed by atoms with van der Waals surface area (Å²) in [5.41, 5.74) is 6.72. The number of hydrogen-bond acceptors (Lipinski definition) is 5. The molecule has 4 nitrogen and oxygen atoms in total. The Morgan fingerprint density at radius 3 is 2.56 bits per heavy atom. The van der Waals surface area contributed by atoms with Gasteiger partial charge in [-0.1, -0.05) is 83.9 Å². The molecular formula is C27H19Cl2N3OS. The first-order chi connectivity index (χ1) is 16.7. The van der Waals surface area contributed by atoms with E-state index in [1.165, 1.54) is 11.3 Å². The zero-order valence-electron chi connectivity index (χ0n) is 17.9. The molecule has 5 aromatic rings. The molecule has 0 atom stereocenters.